The summed E-state index contributed by atoms with van der Waals surface area (Å²) < 4.78 is 0. The van der Waals surface area contributed by atoms with Crippen LogP contribution in [0, 0.1) is 12.8 Å². The Bertz CT molecular complexity index is 448. The maximum Gasteiger partial charge on any atom is 0.254 e. The van der Waals surface area contributed by atoms with Gasteiger partial charge in [-0.25, -0.2) is 0 Å². The van der Waals surface area contributed by atoms with Crippen molar-refractivity contribution in [3.8, 4) is 0 Å². The number of piperidine rings is 1. The summed E-state index contributed by atoms with van der Waals surface area (Å²) in [5.74, 6) is 0.939. The van der Waals surface area contributed by atoms with Crippen LogP contribution in [0.1, 0.15) is 42.6 Å². The van der Waals surface area contributed by atoms with E-state index in [2.05, 4.69) is 25.2 Å². The fourth-order valence-corrected chi connectivity index (χ4v) is 2.60. The molecule has 104 valence electrons. The second-order valence-corrected chi connectivity index (χ2v) is 5.53. The molecule has 2 rings (SSSR count). The molecule has 0 bridgehead atoms. The standard InChI is InChI=1S/C16H24N2O/c1-4-17-14-5-6-15(13(3)11-14)16(19)18-9-7-12(2)8-10-18/h5-6,11-12,17H,4,7-10H2,1-3H3. The van der Waals surface area contributed by atoms with E-state index in [0.29, 0.717) is 0 Å². The van der Waals surface area contributed by atoms with E-state index < -0.39 is 0 Å². The van der Waals surface area contributed by atoms with E-state index in [9.17, 15) is 4.79 Å². The summed E-state index contributed by atoms with van der Waals surface area (Å²) in [6.45, 7) is 9.04. The van der Waals surface area contributed by atoms with Gasteiger partial charge in [-0.15, -0.1) is 0 Å². The molecule has 0 radical (unpaired) electrons. The smallest absolute Gasteiger partial charge is 0.254 e. The average Bonchev–Trinajstić information content (AvgIpc) is 2.39. The van der Waals surface area contributed by atoms with Crippen LogP contribution in [0.4, 0.5) is 5.69 Å². The summed E-state index contributed by atoms with van der Waals surface area (Å²) in [5, 5.41) is 3.27. The quantitative estimate of drug-likeness (QED) is 0.904. The van der Waals surface area contributed by atoms with Crippen LogP contribution in [0.25, 0.3) is 0 Å². The molecule has 1 aromatic carbocycles. The number of carbonyl (C=O) groups is 1. The molecule has 3 nitrogen and oxygen atoms in total. The first-order valence-electron chi connectivity index (χ1n) is 7.25. The minimum absolute atomic E-state index is 0.187. The lowest BCUT2D eigenvalue weighted by atomic mass is 9.98. The van der Waals surface area contributed by atoms with E-state index in [4.69, 9.17) is 0 Å². The van der Waals surface area contributed by atoms with Crippen LogP contribution in [0.3, 0.4) is 0 Å². The van der Waals surface area contributed by atoms with Gasteiger partial charge in [-0.3, -0.25) is 4.79 Å². The van der Waals surface area contributed by atoms with Crippen molar-refractivity contribution in [1.82, 2.24) is 4.90 Å². The van der Waals surface area contributed by atoms with Gasteiger partial charge in [-0.05, 0) is 56.4 Å². The van der Waals surface area contributed by atoms with Gasteiger partial charge in [0.25, 0.3) is 5.91 Å². The fraction of sp³-hybridized carbons (Fsp3) is 0.562. The molecule has 0 atom stereocenters. The average molecular weight is 260 g/mol. The van der Waals surface area contributed by atoms with Crippen molar-refractivity contribution in [1.29, 1.82) is 0 Å². The number of benzene rings is 1. The zero-order chi connectivity index (χ0) is 13.8. The Kier molecular flexibility index (Phi) is 4.46. The van der Waals surface area contributed by atoms with Gasteiger partial charge in [0.15, 0.2) is 0 Å². The number of likely N-dealkylation sites (tertiary alicyclic amines) is 1. The first-order chi connectivity index (χ1) is 9.11. The highest BCUT2D eigenvalue weighted by Gasteiger charge is 2.22. The molecule has 1 amide bonds. The van der Waals surface area contributed by atoms with Gasteiger partial charge in [0.05, 0.1) is 0 Å². The lowest BCUT2D eigenvalue weighted by Crippen LogP contribution is -2.38. The van der Waals surface area contributed by atoms with Crippen LogP contribution in [0.15, 0.2) is 18.2 Å². The second kappa shape index (κ2) is 6.09. The van der Waals surface area contributed by atoms with Crippen molar-refractivity contribution in [2.45, 2.75) is 33.6 Å². The van der Waals surface area contributed by atoms with E-state index in [1.807, 2.05) is 24.0 Å². The minimum Gasteiger partial charge on any atom is -0.385 e. The molecule has 1 heterocycles. The lowest BCUT2D eigenvalue weighted by molar-refractivity contribution is 0.0696. The third-order valence-electron chi connectivity index (χ3n) is 3.91. The van der Waals surface area contributed by atoms with E-state index in [1.165, 1.54) is 0 Å². The van der Waals surface area contributed by atoms with Crippen molar-refractivity contribution < 1.29 is 4.79 Å². The molecule has 1 saturated heterocycles. The number of hydrogen-bond acceptors (Lipinski definition) is 2. The molecule has 1 aromatic rings. The first kappa shape index (κ1) is 13.9. The van der Waals surface area contributed by atoms with E-state index >= 15 is 0 Å². The van der Waals surface area contributed by atoms with Gasteiger partial charge >= 0.3 is 0 Å². The number of anilines is 1. The van der Waals surface area contributed by atoms with Gasteiger partial charge in [-0.2, -0.15) is 0 Å². The molecular weight excluding hydrogens is 236 g/mol. The fourth-order valence-electron chi connectivity index (χ4n) is 2.60. The monoisotopic (exact) mass is 260 g/mol. The molecule has 0 aliphatic carbocycles. The van der Waals surface area contributed by atoms with Crippen molar-refractivity contribution in [3.63, 3.8) is 0 Å². The van der Waals surface area contributed by atoms with Gasteiger partial charge in [0.1, 0.15) is 0 Å². The Morgan fingerprint density at radius 3 is 2.63 bits per heavy atom. The summed E-state index contributed by atoms with van der Waals surface area (Å²) in [5.41, 5.74) is 2.99. The van der Waals surface area contributed by atoms with Crippen molar-refractivity contribution >= 4 is 11.6 Å². The van der Waals surface area contributed by atoms with Gasteiger partial charge in [0.2, 0.25) is 0 Å². The van der Waals surface area contributed by atoms with Crippen molar-refractivity contribution in [2.75, 3.05) is 25.0 Å². The van der Waals surface area contributed by atoms with Crippen LogP contribution in [-0.4, -0.2) is 30.4 Å². The Balaban J connectivity index is 2.10. The highest BCUT2D eigenvalue weighted by molar-refractivity contribution is 5.96. The molecule has 1 aliphatic heterocycles. The molecule has 19 heavy (non-hydrogen) atoms. The minimum atomic E-state index is 0.187. The van der Waals surface area contributed by atoms with Crippen LogP contribution in [-0.2, 0) is 0 Å². The maximum atomic E-state index is 12.5. The number of rotatable bonds is 3. The summed E-state index contributed by atoms with van der Waals surface area (Å²) in [6, 6.07) is 6.01. The molecule has 0 spiro atoms. The topological polar surface area (TPSA) is 32.3 Å². The Morgan fingerprint density at radius 2 is 2.05 bits per heavy atom. The maximum absolute atomic E-state index is 12.5. The van der Waals surface area contributed by atoms with Gasteiger partial charge in [0, 0.05) is 30.9 Å². The number of carbonyl (C=O) groups excluding carboxylic acids is 1. The zero-order valence-corrected chi connectivity index (χ0v) is 12.2. The molecule has 1 N–H and O–H groups in total. The third kappa shape index (κ3) is 3.28. The van der Waals surface area contributed by atoms with Gasteiger partial charge in [-0.1, -0.05) is 6.92 Å². The number of nitrogens with zero attached hydrogens (tertiary/aromatic N) is 1. The van der Waals surface area contributed by atoms with Crippen LogP contribution >= 0.6 is 0 Å². The molecule has 1 fully saturated rings. The van der Waals surface area contributed by atoms with Gasteiger partial charge < -0.3 is 10.2 Å². The first-order valence-corrected chi connectivity index (χ1v) is 7.25. The predicted octanol–water partition coefficient (Wildman–Crippen LogP) is 3.30. The summed E-state index contributed by atoms with van der Waals surface area (Å²) in [6.07, 6.45) is 2.25. The number of nitrogens with one attached hydrogen (secondary N) is 1. The van der Waals surface area contributed by atoms with Crippen LogP contribution in [0.5, 0.6) is 0 Å². The summed E-state index contributed by atoms with van der Waals surface area (Å²) in [4.78, 5) is 14.5. The van der Waals surface area contributed by atoms with E-state index in [0.717, 1.165) is 55.2 Å². The number of aryl methyl sites for hydroxylation is 1. The largest absolute Gasteiger partial charge is 0.385 e. The zero-order valence-electron chi connectivity index (χ0n) is 12.2. The van der Waals surface area contributed by atoms with E-state index in [1.54, 1.807) is 0 Å². The van der Waals surface area contributed by atoms with Crippen LogP contribution < -0.4 is 5.32 Å². The lowest BCUT2D eigenvalue weighted by Gasteiger charge is -2.30. The Hall–Kier alpha value is -1.51. The summed E-state index contributed by atoms with van der Waals surface area (Å²) >= 11 is 0. The number of amides is 1. The number of hydrogen-bond donors (Lipinski definition) is 1. The van der Waals surface area contributed by atoms with E-state index in [-0.39, 0.29) is 5.91 Å². The molecule has 0 aromatic heterocycles. The highest BCUT2D eigenvalue weighted by atomic mass is 16.2. The summed E-state index contributed by atoms with van der Waals surface area (Å²) in [7, 11) is 0. The van der Waals surface area contributed by atoms with Crippen molar-refractivity contribution in [2.24, 2.45) is 5.92 Å². The Labute approximate surface area is 116 Å². The third-order valence-corrected chi connectivity index (χ3v) is 3.91. The SMILES string of the molecule is CCNc1ccc(C(=O)N2CCC(C)CC2)c(C)c1. The highest BCUT2D eigenvalue weighted by Crippen LogP contribution is 2.21. The van der Waals surface area contributed by atoms with Crippen LogP contribution in [0.2, 0.25) is 0 Å². The molecular formula is C16H24N2O. The van der Waals surface area contributed by atoms with Crippen molar-refractivity contribution in [3.05, 3.63) is 29.3 Å². The Morgan fingerprint density at radius 1 is 1.37 bits per heavy atom. The second-order valence-electron chi connectivity index (χ2n) is 5.53. The molecule has 0 unspecified atom stereocenters. The molecule has 1 aliphatic rings. The molecule has 3 heteroatoms. The normalized spacial score (nSPS) is 16.5. The predicted molar refractivity (Wildman–Crippen MR) is 79.6 cm³/mol. The molecule has 0 saturated carbocycles.